The molecule has 0 amide bonds. The molecule has 6 nitrogen and oxygen atoms in total. The minimum atomic E-state index is -3.60. The molecule has 2 rings (SSSR count). The number of hydrogen-bond donors (Lipinski definition) is 2. The van der Waals surface area contributed by atoms with Gasteiger partial charge in [0, 0.05) is 8.95 Å². The standard InChI is InChI=1S/C9H8Br2N4O2S/c10-6-1-2-7(11)8(3-6)18(16,17)14-4-9-12-5-13-15-9/h1-3,5,14H,4H2,(H,12,13,15). The summed E-state index contributed by atoms with van der Waals surface area (Å²) in [6, 6.07) is 4.93. The second-order valence-corrected chi connectivity index (χ2v) is 6.84. The van der Waals surface area contributed by atoms with Crippen LogP contribution in [0.25, 0.3) is 0 Å². The molecule has 0 saturated heterocycles. The largest absolute Gasteiger partial charge is 0.262 e. The van der Waals surface area contributed by atoms with Crippen molar-refractivity contribution in [3.8, 4) is 0 Å². The molecule has 0 aliphatic heterocycles. The number of halogens is 2. The Morgan fingerprint density at radius 3 is 2.78 bits per heavy atom. The molecule has 0 spiro atoms. The van der Waals surface area contributed by atoms with E-state index in [4.69, 9.17) is 0 Å². The van der Waals surface area contributed by atoms with Gasteiger partial charge in [0.05, 0.1) is 11.4 Å². The predicted octanol–water partition coefficient (Wildman–Crippen LogP) is 1.81. The Morgan fingerprint density at radius 1 is 1.33 bits per heavy atom. The smallest absolute Gasteiger partial charge is 0.242 e. The molecule has 96 valence electrons. The van der Waals surface area contributed by atoms with Crippen LogP contribution < -0.4 is 4.72 Å². The average Bonchev–Trinajstić information content (AvgIpc) is 2.83. The zero-order valence-electron chi connectivity index (χ0n) is 8.89. The number of aromatic amines is 1. The highest BCUT2D eigenvalue weighted by molar-refractivity contribution is 9.11. The van der Waals surface area contributed by atoms with Gasteiger partial charge < -0.3 is 0 Å². The summed E-state index contributed by atoms with van der Waals surface area (Å²) in [5, 5.41) is 6.22. The van der Waals surface area contributed by atoms with Crippen LogP contribution in [-0.4, -0.2) is 23.6 Å². The Balaban J connectivity index is 2.22. The van der Waals surface area contributed by atoms with Crippen molar-refractivity contribution in [1.29, 1.82) is 0 Å². The van der Waals surface area contributed by atoms with Crippen molar-refractivity contribution in [1.82, 2.24) is 19.9 Å². The lowest BCUT2D eigenvalue weighted by atomic mass is 10.4. The Bertz CT molecular complexity index is 643. The Kier molecular flexibility index (Phi) is 4.15. The van der Waals surface area contributed by atoms with Crippen LogP contribution in [0.15, 0.2) is 38.4 Å². The van der Waals surface area contributed by atoms with E-state index in [1.54, 1.807) is 12.1 Å². The number of aromatic nitrogens is 3. The summed E-state index contributed by atoms with van der Waals surface area (Å²) < 4.78 is 27.8. The lowest BCUT2D eigenvalue weighted by Gasteiger charge is -2.07. The summed E-state index contributed by atoms with van der Waals surface area (Å²) in [5.74, 6) is 0.449. The second-order valence-electron chi connectivity index (χ2n) is 3.33. The number of H-pyrrole nitrogens is 1. The van der Waals surface area contributed by atoms with Gasteiger partial charge >= 0.3 is 0 Å². The van der Waals surface area contributed by atoms with E-state index in [9.17, 15) is 8.42 Å². The molecule has 0 aliphatic rings. The minimum absolute atomic E-state index is 0.0568. The van der Waals surface area contributed by atoms with E-state index in [2.05, 4.69) is 51.8 Å². The van der Waals surface area contributed by atoms with Gasteiger partial charge in [0.1, 0.15) is 12.2 Å². The number of rotatable bonds is 4. The van der Waals surface area contributed by atoms with Crippen LogP contribution in [0.1, 0.15) is 5.82 Å². The van der Waals surface area contributed by atoms with E-state index in [0.29, 0.717) is 14.8 Å². The fourth-order valence-electron chi connectivity index (χ4n) is 1.24. The monoisotopic (exact) mass is 394 g/mol. The first-order chi connectivity index (χ1) is 8.49. The van der Waals surface area contributed by atoms with E-state index in [0.717, 1.165) is 0 Å². The Labute approximate surface area is 121 Å². The number of hydrogen-bond acceptors (Lipinski definition) is 4. The maximum Gasteiger partial charge on any atom is 0.242 e. The summed E-state index contributed by atoms with van der Waals surface area (Å²) in [7, 11) is -3.60. The quantitative estimate of drug-likeness (QED) is 0.826. The molecular weight excluding hydrogens is 388 g/mol. The lowest BCUT2D eigenvalue weighted by Crippen LogP contribution is -2.24. The van der Waals surface area contributed by atoms with Gasteiger partial charge in [-0.3, -0.25) is 5.10 Å². The summed E-state index contributed by atoms with van der Waals surface area (Å²) in [4.78, 5) is 4.00. The zero-order valence-corrected chi connectivity index (χ0v) is 12.9. The molecule has 0 unspecified atom stereocenters. The van der Waals surface area contributed by atoms with E-state index >= 15 is 0 Å². The molecule has 2 aromatic rings. The van der Waals surface area contributed by atoms with Gasteiger partial charge in [0.2, 0.25) is 10.0 Å². The molecule has 1 heterocycles. The van der Waals surface area contributed by atoms with Crippen LogP contribution in [-0.2, 0) is 16.6 Å². The summed E-state index contributed by atoms with van der Waals surface area (Å²) in [5.41, 5.74) is 0. The Hall–Kier alpha value is -0.770. The molecule has 0 atom stereocenters. The molecule has 1 aromatic heterocycles. The van der Waals surface area contributed by atoms with Gasteiger partial charge in [-0.25, -0.2) is 18.1 Å². The van der Waals surface area contributed by atoms with Gasteiger partial charge in [-0.15, -0.1) is 0 Å². The van der Waals surface area contributed by atoms with E-state index in [1.165, 1.54) is 12.4 Å². The first-order valence-electron chi connectivity index (χ1n) is 4.78. The van der Waals surface area contributed by atoms with Gasteiger partial charge in [-0.1, -0.05) is 15.9 Å². The second kappa shape index (κ2) is 5.47. The maximum absolute atomic E-state index is 12.1. The zero-order chi connectivity index (χ0) is 13.2. The number of benzene rings is 1. The molecule has 0 radical (unpaired) electrons. The summed E-state index contributed by atoms with van der Waals surface area (Å²) >= 11 is 6.45. The first-order valence-corrected chi connectivity index (χ1v) is 7.85. The molecule has 0 saturated carbocycles. The Morgan fingerprint density at radius 2 is 2.11 bits per heavy atom. The van der Waals surface area contributed by atoms with Crippen molar-refractivity contribution in [2.45, 2.75) is 11.4 Å². The highest BCUT2D eigenvalue weighted by Gasteiger charge is 2.18. The first kappa shape index (κ1) is 13.7. The molecule has 0 aliphatic carbocycles. The van der Waals surface area contributed by atoms with Crippen molar-refractivity contribution in [2.24, 2.45) is 0 Å². The molecule has 0 fully saturated rings. The van der Waals surface area contributed by atoms with Crippen LogP contribution in [0.3, 0.4) is 0 Å². The van der Waals surface area contributed by atoms with Crippen molar-refractivity contribution in [3.05, 3.63) is 39.3 Å². The van der Waals surface area contributed by atoms with Gasteiger partial charge in [-0.2, -0.15) is 5.10 Å². The minimum Gasteiger partial charge on any atom is -0.262 e. The van der Waals surface area contributed by atoms with Gasteiger partial charge in [-0.05, 0) is 34.1 Å². The number of nitrogens with zero attached hydrogens (tertiary/aromatic N) is 2. The topological polar surface area (TPSA) is 87.7 Å². The van der Waals surface area contributed by atoms with Crippen LogP contribution in [0.5, 0.6) is 0 Å². The molecule has 2 N–H and O–H groups in total. The van der Waals surface area contributed by atoms with Gasteiger partial charge in [0.25, 0.3) is 0 Å². The van der Waals surface area contributed by atoms with Gasteiger partial charge in [0.15, 0.2) is 0 Å². The SMILES string of the molecule is O=S(=O)(NCc1ncn[nH]1)c1cc(Br)ccc1Br. The highest BCUT2D eigenvalue weighted by Crippen LogP contribution is 2.25. The highest BCUT2D eigenvalue weighted by atomic mass is 79.9. The van der Waals surface area contributed by atoms with Crippen LogP contribution in [0.4, 0.5) is 0 Å². The van der Waals surface area contributed by atoms with Crippen LogP contribution in [0, 0.1) is 0 Å². The number of nitrogens with one attached hydrogen (secondary N) is 2. The van der Waals surface area contributed by atoms with Crippen LogP contribution >= 0.6 is 31.9 Å². The molecule has 18 heavy (non-hydrogen) atoms. The molecular formula is C9H8Br2N4O2S. The van der Waals surface area contributed by atoms with E-state index in [-0.39, 0.29) is 11.4 Å². The third-order valence-corrected chi connectivity index (χ3v) is 4.97. The third kappa shape index (κ3) is 3.16. The van der Waals surface area contributed by atoms with Crippen molar-refractivity contribution in [3.63, 3.8) is 0 Å². The average molecular weight is 396 g/mol. The fourth-order valence-corrected chi connectivity index (χ4v) is 3.73. The van der Waals surface area contributed by atoms with E-state index in [1.807, 2.05) is 0 Å². The van der Waals surface area contributed by atoms with Crippen molar-refractivity contribution < 1.29 is 8.42 Å². The molecule has 1 aromatic carbocycles. The molecule has 9 heteroatoms. The predicted molar refractivity (Wildman–Crippen MR) is 72.3 cm³/mol. The molecule has 0 bridgehead atoms. The van der Waals surface area contributed by atoms with Crippen molar-refractivity contribution >= 4 is 41.9 Å². The summed E-state index contributed by atoms with van der Waals surface area (Å²) in [6.45, 7) is 0.0568. The van der Waals surface area contributed by atoms with E-state index < -0.39 is 10.0 Å². The number of sulfonamides is 1. The maximum atomic E-state index is 12.1. The summed E-state index contributed by atoms with van der Waals surface area (Å²) in [6.07, 6.45) is 1.32. The normalized spacial score (nSPS) is 11.7. The van der Waals surface area contributed by atoms with Crippen LogP contribution in [0.2, 0.25) is 0 Å². The fraction of sp³-hybridized carbons (Fsp3) is 0.111. The van der Waals surface area contributed by atoms with Crippen molar-refractivity contribution in [2.75, 3.05) is 0 Å². The lowest BCUT2D eigenvalue weighted by molar-refractivity contribution is 0.579. The third-order valence-electron chi connectivity index (χ3n) is 2.08.